The highest BCUT2D eigenvalue weighted by atomic mass is 31.2. The van der Waals surface area contributed by atoms with Crippen LogP contribution in [-0.2, 0) is 32.7 Å². The average molecular weight is 1360 g/mol. The Kier molecular flexibility index (Phi) is 71.9. The molecule has 0 spiro atoms. The summed E-state index contributed by atoms with van der Waals surface area (Å²) in [6, 6.07) is 0. The predicted octanol–water partition coefficient (Wildman–Crippen LogP) is 25.9. The normalized spacial score (nSPS) is 13.9. The highest BCUT2D eigenvalue weighted by Crippen LogP contribution is 2.38. The van der Waals surface area contributed by atoms with Gasteiger partial charge in [-0.2, -0.15) is 0 Å². The molecule has 10 heteroatoms. The van der Waals surface area contributed by atoms with E-state index in [4.69, 9.17) is 18.5 Å². The molecule has 96 heavy (non-hydrogen) atoms. The van der Waals surface area contributed by atoms with Gasteiger partial charge in [-0.1, -0.05) is 352 Å². The number of carbonyl (C=O) groups excluding carboxylic acids is 2. The summed E-state index contributed by atoms with van der Waals surface area (Å²) in [6.07, 6.45) is 111. The largest absolute Gasteiger partial charge is 0.756 e. The maximum atomic E-state index is 12.9. The summed E-state index contributed by atoms with van der Waals surface area (Å²) in [7, 11) is 1.17. The fourth-order valence-corrected chi connectivity index (χ4v) is 11.6. The number of unbranched alkanes of at least 4 members (excludes halogenated alkanes) is 34. The molecule has 0 aromatic heterocycles. The first kappa shape index (κ1) is 91.9. The van der Waals surface area contributed by atoms with Gasteiger partial charge < -0.3 is 27.9 Å². The van der Waals surface area contributed by atoms with Gasteiger partial charge in [0.1, 0.15) is 19.8 Å². The molecular weight excluding hydrogens is 1210 g/mol. The van der Waals surface area contributed by atoms with Crippen molar-refractivity contribution >= 4 is 19.8 Å². The van der Waals surface area contributed by atoms with Gasteiger partial charge in [0.05, 0.1) is 27.7 Å². The highest BCUT2D eigenvalue weighted by Gasteiger charge is 2.22. The third kappa shape index (κ3) is 78.9. The van der Waals surface area contributed by atoms with Crippen LogP contribution in [0, 0.1) is 0 Å². The van der Waals surface area contributed by atoms with Crippen LogP contribution in [0.3, 0.4) is 0 Å². The van der Waals surface area contributed by atoms with Crippen molar-refractivity contribution in [3.63, 3.8) is 0 Å². The summed E-state index contributed by atoms with van der Waals surface area (Å²) in [6.45, 7) is 4.04. The molecule has 0 aliphatic rings. The number of carbonyl (C=O) groups is 2. The molecule has 0 N–H and O–H groups in total. The van der Waals surface area contributed by atoms with Crippen LogP contribution in [0.4, 0.5) is 0 Å². The van der Waals surface area contributed by atoms with E-state index in [1.807, 2.05) is 21.1 Å². The van der Waals surface area contributed by atoms with Gasteiger partial charge in [-0.05, 0) is 116 Å². The van der Waals surface area contributed by atoms with Crippen LogP contribution >= 0.6 is 7.82 Å². The van der Waals surface area contributed by atoms with Crippen molar-refractivity contribution in [3.05, 3.63) is 146 Å². The van der Waals surface area contributed by atoms with E-state index in [1.54, 1.807) is 0 Å². The molecule has 0 aromatic carbocycles. The molecule has 0 heterocycles. The lowest BCUT2D eigenvalue weighted by Crippen LogP contribution is -2.37. The molecular formula is C86H148NO8P. The van der Waals surface area contributed by atoms with E-state index in [0.29, 0.717) is 17.4 Å². The van der Waals surface area contributed by atoms with E-state index in [2.05, 4.69) is 160 Å². The summed E-state index contributed by atoms with van der Waals surface area (Å²) in [4.78, 5) is 38.2. The molecule has 0 fully saturated rings. The molecule has 0 aromatic rings. The first-order valence-electron chi connectivity index (χ1n) is 39.5. The van der Waals surface area contributed by atoms with E-state index >= 15 is 0 Å². The molecule has 0 saturated heterocycles. The zero-order valence-electron chi connectivity index (χ0n) is 62.8. The van der Waals surface area contributed by atoms with E-state index in [9.17, 15) is 19.0 Å². The fraction of sp³-hybridized carbons (Fsp3) is 0.698. The molecule has 9 nitrogen and oxygen atoms in total. The van der Waals surface area contributed by atoms with Crippen LogP contribution < -0.4 is 4.89 Å². The summed E-state index contributed by atoms with van der Waals surface area (Å²) < 4.78 is 34.4. The van der Waals surface area contributed by atoms with Crippen molar-refractivity contribution in [3.8, 4) is 0 Å². The third-order valence-corrected chi connectivity index (χ3v) is 17.8. The minimum atomic E-state index is -4.65. The van der Waals surface area contributed by atoms with Crippen molar-refractivity contribution in [2.75, 3.05) is 47.5 Å². The number of allylic oxidation sites excluding steroid dienone is 24. The van der Waals surface area contributed by atoms with Crippen LogP contribution in [0.5, 0.6) is 0 Å². The van der Waals surface area contributed by atoms with Crippen molar-refractivity contribution in [1.82, 2.24) is 0 Å². The molecule has 0 saturated carbocycles. The van der Waals surface area contributed by atoms with Gasteiger partial charge in [-0.3, -0.25) is 14.2 Å². The zero-order chi connectivity index (χ0) is 69.7. The number of esters is 2. The monoisotopic (exact) mass is 1350 g/mol. The standard InChI is InChI=1S/C86H148NO8P/c1-6-8-10-12-14-16-18-20-22-24-26-28-30-32-34-36-38-39-40-41-42-43-44-45-46-47-49-51-53-55-57-59-61-63-65-67-69-71-73-75-77-79-86(89)95-84(83-94-96(90,91)93-81-80-87(3,4)5)82-92-85(88)78-76-74-72-70-68-66-64-62-60-58-56-54-52-50-48-37-35-33-31-29-27-25-23-21-19-17-15-13-11-9-7-2/h8-11,14-17,20-23,26-29,32-35,38-39,41-42,84H,6-7,12-13,18-19,24-25,30-31,36-37,40,43-83H2,1-5H3/b10-8-,11-9-,16-14-,17-15-,22-20-,23-21-,28-26-,29-27-,34-32-,35-33-,39-38-,42-41-. The van der Waals surface area contributed by atoms with Crippen LogP contribution in [0.1, 0.15) is 335 Å². The number of likely N-dealkylation sites (N-methyl/N-ethyl adjacent to an activating group) is 1. The second-order valence-electron chi connectivity index (χ2n) is 27.3. The lowest BCUT2D eigenvalue weighted by atomic mass is 10.0. The number of hydrogen-bond acceptors (Lipinski definition) is 8. The summed E-state index contributed by atoms with van der Waals surface area (Å²) in [5.41, 5.74) is 0. The Morgan fingerprint density at radius 2 is 0.562 bits per heavy atom. The van der Waals surface area contributed by atoms with Crippen molar-refractivity contribution in [1.29, 1.82) is 0 Å². The maximum Gasteiger partial charge on any atom is 0.306 e. The highest BCUT2D eigenvalue weighted by molar-refractivity contribution is 7.45. The molecule has 0 aliphatic heterocycles. The minimum absolute atomic E-state index is 0.0341. The molecule has 0 amide bonds. The van der Waals surface area contributed by atoms with Crippen LogP contribution in [0.15, 0.2) is 146 Å². The number of phosphoric acid groups is 1. The van der Waals surface area contributed by atoms with Gasteiger partial charge in [0, 0.05) is 12.8 Å². The van der Waals surface area contributed by atoms with Crippen LogP contribution in [0.25, 0.3) is 0 Å². The molecule has 2 unspecified atom stereocenters. The second-order valence-corrected chi connectivity index (χ2v) is 28.7. The fourth-order valence-electron chi connectivity index (χ4n) is 10.9. The van der Waals surface area contributed by atoms with E-state index < -0.39 is 26.5 Å². The van der Waals surface area contributed by atoms with Gasteiger partial charge in [0.2, 0.25) is 0 Å². The maximum absolute atomic E-state index is 12.9. The van der Waals surface area contributed by atoms with E-state index in [-0.39, 0.29) is 32.0 Å². The number of rotatable bonds is 72. The SMILES string of the molecule is CC/C=C\C/C=C\C/C=C\C/C=C\C/C=C\C/C=C\C/C=C\CCCCCCCCCCCCCCCCCCCCCC(=O)OC(COC(=O)CCCCCCCCCCCCCCCCC/C=C\C/C=C\C/C=C\C/C=C\C/C=C\CC)COP(=O)([O-])OCC[N+](C)(C)C. The lowest BCUT2D eigenvalue weighted by Gasteiger charge is -2.28. The lowest BCUT2D eigenvalue weighted by molar-refractivity contribution is -0.870. The van der Waals surface area contributed by atoms with Crippen LogP contribution in [0.2, 0.25) is 0 Å². The number of phosphoric ester groups is 1. The van der Waals surface area contributed by atoms with E-state index in [0.717, 1.165) is 116 Å². The number of quaternary nitrogens is 1. The van der Waals surface area contributed by atoms with Crippen molar-refractivity contribution in [2.24, 2.45) is 0 Å². The molecule has 2 atom stereocenters. The number of nitrogens with zero attached hydrogens (tertiary/aromatic N) is 1. The molecule has 0 aliphatic carbocycles. The second kappa shape index (κ2) is 75.1. The Balaban J connectivity index is 3.97. The first-order chi connectivity index (χ1) is 47.0. The number of hydrogen-bond donors (Lipinski definition) is 0. The predicted molar refractivity (Wildman–Crippen MR) is 415 cm³/mol. The summed E-state index contributed by atoms with van der Waals surface area (Å²) in [5, 5.41) is 0. The third-order valence-electron chi connectivity index (χ3n) is 16.9. The molecule has 0 bridgehead atoms. The number of ether oxygens (including phenoxy) is 2. The summed E-state index contributed by atoms with van der Waals surface area (Å²) in [5.74, 6) is -0.826. The Labute approximate surface area is 593 Å². The van der Waals surface area contributed by atoms with Crippen molar-refractivity contribution in [2.45, 2.75) is 341 Å². The molecule has 550 valence electrons. The Bertz CT molecular complexity index is 2140. The Morgan fingerprint density at radius 1 is 0.323 bits per heavy atom. The van der Waals surface area contributed by atoms with E-state index in [1.165, 1.54) is 186 Å². The summed E-state index contributed by atoms with van der Waals surface area (Å²) >= 11 is 0. The smallest absolute Gasteiger partial charge is 0.306 e. The topological polar surface area (TPSA) is 111 Å². The first-order valence-corrected chi connectivity index (χ1v) is 41.0. The van der Waals surface area contributed by atoms with Crippen LogP contribution in [-0.4, -0.2) is 70.0 Å². The van der Waals surface area contributed by atoms with Gasteiger partial charge in [-0.25, -0.2) is 0 Å². The Hall–Kier alpha value is -4.11. The van der Waals surface area contributed by atoms with Gasteiger partial charge >= 0.3 is 11.9 Å². The zero-order valence-corrected chi connectivity index (χ0v) is 63.7. The molecule has 0 radical (unpaired) electrons. The van der Waals surface area contributed by atoms with Gasteiger partial charge in [0.15, 0.2) is 6.10 Å². The Morgan fingerprint density at radius 3 is 0.833 bits per heavy atom. The minimum Gasteiger partial charge on any atom is -0.756 e. The van der Waals surface area contributed by atoms with Gasteiger partial charge in [0.25, 0.3) is 7.82 Å². The van der Waals surface area contributed by atoms with Gasteiger partial charge in [-0.15, -0.1) is 0 Å². The average Bonchev–Trinajstić information content (AvgIpc) is 2.54. The quantitative estimate of drug-likeness (QED) is 0.0195. The molecule has 0 rings (SSSR count). The van der Waals surface area contributed by atoms with Crippen molar-refractivity contribution < 1.29 is 42.1 Å².